The highest BCUT2D eigenvalue weighted by molar-refractivity contribution is 6.85. The zero-order valence-corrected chi connectivity index (χ0v) is 16.5. The number of alkyl halides is 1. The van der Waals surface area contributed by atoms with Crippen LogP contribution in [0.4, 0.5) is 0 Å². The summed E-state index contributed by atoms with van der Waals surface area (Å²) in [5.41, 5.74) is 0. The number of benzene rings is 2. The van der Waals surface area contributed by atoms with Crippen molar-refractivity contribution in [1.82, 2.24) is 0 Å². The first kappa shape index (κ1) is 19.3. The minimum Gasteiger partial charge on any atom is -0.127 e. The number of hydrogen-bond donors (Lipinski definition) is 0. The van der Waals surface area contributed by atoms with Gasteiger partial charge in [-0.05, 0) is 6.42 Å². The van der Waals surface area contributed by atoms with Gasteiger partial charge in [0.05, 0.1) is 0 Å². The highest BCUT2D eigenvalue weighted by Crippen LogP contribution is 2.11. The molecule has 0 unspecified atom stereocenters. The average Bonchev–Trinajstić information content (AvgIpc) is 2.65. The Hall–Kier alpha value is -1.05. The molecule has 0 bridgehead atoms. The van der Waals surface area contributed by atoms with E-state index in [9.17, 15) is 0 Å². The zero-order chi connectivity index (χ0) is 16.9. The van der Waals surface area contributed by atoms with Gasteiger partial charge in [-0.25, -0.2) is 0 Å². The molecule has 2 heteroatoms. The van der Waals surface area contributed by atoms with E-state index in [0.717, 1.165) is 5.88 Å². The highest BCUT2D eigenvalue weighted by atomic mass is 35.5. The molecule has 129 valence electrons. The summed E-state index contributed by atoms with van der Waals surface area (Å²) in [6.07, 6.45) is 10.7. The molecule has 0 atom stereocenters. The predicted molar refractivity (Wildman–Crippen MR) is 110 cm³/mol. The van der Waals surface area contributed by atoms with Crippen LogP contribution in [0.1, 0.15) is 51.4 Å². The van der Waals surface area contributed by atoms with Gasteiger partial charge in [-0.1, -0.05) is 122 Å². The molecule has 1 radical (unpaired) electrons. The molecule has 0 aliphatic carbocycles. The second kappa shape index (κ2) is 12.3. The van der Waals surface area contributed by atoms with Crippen molar-refractivity contribution in [1.29, 1.82) is 0 Å². The van der Waals surface area contributed by atoms with Crippen molar-refractivity contribution in [2.45, 2.75) is 57.4 Å². The molecule has 0 N–H and O–H groups in total. The van der Waals surface area contributed by atoms with Crippen LogP contribution in [0.25, 0.3) is 0 Å². The average molecular weight is 358 g/mol. The monoisotopic (exact) mass is 357 g/mol. The Morgan fingerprint density at radius 1 is 0.542 bits per heavy atom. The lowest BCUT2D eigenvalue weighted by molar-refractivity contribution is 0.585. The first-order valence-corrected chi connectivity index (χ1v) is 11.7. The van der Waals surface area contributed by atoms with Crippen molar-refractivity contribution in [3.05, 3.63) is 60.7 Å². The first-order chi connectivity index (χ1) is 11.9. The summed E-state index contributed by atoms with van der Waals surface area (Å²) >= 11 is 5.72. The Kier molecular flexibility index (Phi) is 9.90. The van der Waals surface area contributed by atoms with Gasteiger partial charge in [-0.2, -0.15) is 0 Å². The summed E-state index contributed by atoms with van der Waals surface area (Å²) in [6.45, 7) is 0. The second-order valence-corrected chi connectivity index (χ2v) is 9.47. The van der Waals surface area contributed by atoms with E-state index in [4.69, 9.17) is 11.6 Å². The lowest BCUT2D eigenvalue weighted by atomic mass is 10.1. The maximum atomic E-state index is 5.72. The van der Waals surface area contributed by atoms with Crippen LogP contribution >= 0.6 is 11.6 Å². The molecule has 2 aromatic carbocycles. The molecule has 0 heterocycles. The normalized spacial score (nSPS) is 11.1. The Morgan fingerprint density at radius 3 is 1.42 bits per heavy atom. The molecule has 0 saturated heterocycles. The SMILES string of the molecule is ClCCCCCCCCCC[Si](c1ccccc1)c1ccccc1. The fourth-order valence-electron chi connectivity index (χ4n) is 3.19. The van der Waals surface area contributed by atoms with E-state index in [2.05, 4.69) is 60.7 Å². The van der Waals surface area contributed by atoms with E-state index < -0.39 is 8.80 Å². The van der Waals surface area contributed by atoms with Gasteiger partial charge < -0.3 is 0 Å². The first-order valence-electron chi connectivity index (χ1n) is 9.44. The van der Waals surface area contributed by atoms with Gasteiger partial charge >= 0.3 is 0 Å². The molecule has 0 aliphatic heterocycles. The molecule has 0 fully saturated rings. The van der Waals surface area contributed by atoms with Gasteiger partial charge in [-0.3, -0.25) is 0 Å². The van der Waals surface area contributed by atoms with Crippen molar-refractivity contribution in [3.8, 4) is 0 Å². The number of hydrogen-bond acceptors (Lipinski definition) is 0. The number of unbranched alkanes of at least 4 members (excludes halogenated alkanes) is 7. The van der Waals surface area contributed by atoms with Crippen LogP contribution in [0.3, 0.4) is 0 Å². The van der Waals surface area contributed by atoms with E-state index in [1.165, 1.54) is 57.4 Å². The Bertz CT molecular complexity index is 487. The summed E-state index contributed by atoms with van der Waals surface area (Å²) in [5.74, 6) is 0.823. The second-order valence-electron chi connectivity index (χ2n) is 6.48. The minimum atomic E-state index is -0.619. The van der Waals surface area contributed by atoms with E-state index >= 15 is 0 Å². The molecule has 2 aromatic rings. The van der Waals surface area contributed by atoms with Crippen LogP contribution < -0.4 is 10.4 Å². The van der Waals surface area contributed by atoms with Gasteiger partial charge in [0.25, 0.3) is 0 Å². The third-order valence-corrected chi connectivity index (χ3v) is 7.74. The largest absolute Gasteiger partial charge is 0.127 e. The topological polar surface area (TPSA) is 0 Å². The molecular formula is C22H30ClSi. The van der Waals surface area contributed by atoms with Crippen LogP contribution in [-0.2, 0) is 0 Å². The Labute approximate surface area is 154 Å². The number of halogens is 1. The number of rotatable bonds is 12. The Balaban J connectivity index is 1.74. The lowest BCUT2D eigenvalue weighted by Gasteiger charge is -2.16. The molecule has 0 aliphatic rings. The van der Waals surface area contributed by atoms with Crippen LogP contribution in [0.15, 0.2) is 60.7 Å². The highest BCUT2D eigenvalue weighted by Gasteiger charge is 2.15. The molecular weight excluding hydrogens is 328 g/mol. The van der Waals surface area contributed by atoms with Crippen LogP contribution in [0, 0.1) is 0 Å². The molecule has 0 spiro atoms. The van der Waals surface area contributed by atoms with Crippen LogP contribution in [-0.4, -0.2) is 14.7 Å². The fourth-order valence-corrected chi connectivity index (χ4v) is 6.08. The standard InChI is InChI=1S/C22H30ClSi/c23-19-13-5-3-1-2-4-6-14-20-24(21-15-9-7-10-16-21)22-17-11-8-12-18-22/h7-12,15-18H,1-6,13-14,19-20H2. The smallest absolute Gasteiger partial charge is 0.121 e. The third-order valence-electron chi connectivity index (χ3n) is 4.55. The summed E-state index contributed by atoms with van der Waals surface area (Å²) in [4.78, 5) is 0. The quantitative estimate of drug-likeness (QED) is 0.261. The van der Waals surface area contributed by atoms with E-state index in [1.807, 2.05) is 0 Å². The van der Waals surface area contributed by atoms with Gasteiger partial charge in [-0.15, -0.1) is 11.6 Å². The van der Waals surface area contributed by atoms with Gasteiger partial charge in [0.1, 0.15) is 8.80 Å². The molecule has 0 amide bonds. The van der Waals surface area contributed by atoms with Crippen molar-refractivity contribution in [3.63, 3.8) is 0 Å². The molecule has 0 saturated carbocycles. The van der Waals surface area contributed by atoms with Crippen molar-refractivity contribution in [2.75, 3.05) is 5.88 Å². The lowest BCUT2D eigenvalue weighted by Crippen LogP contribution is -2.41. The van der Waals surface area contributed by atoms with E-state index in [-0.39, 0.29) is 0 Å². The van der Waals surface area contributed by atoms with Gasteiger partial charge in [0.15, 0.2) is 0 Å². The Morgan fingerprint density at radius 2 is 0.958 bits per heavy atom. The summed E-state index contributed by atoms with van der Waals surface area (Å²) in [5, 5.41) is 3.10. The third kappa shape index (κ3) is 7.23. The van der Waals surface area contributed by atoms with Gasteiger partial charge in [0.2, 0.25) is 0 Å². The molecule has 0 nitrogen and oxygen atoms in total. The van der Waals surface area contributed by atoms with Crippen LogP contribution in [0.5, 0.6) is 0 Å². The van der Waals surface area contributed by atoms with Crippen LogP contribution in [0.2, 0.25) is 6.04 Å². The summed E-state index contributed by atoms with van der Waals surface area (Å²) in [7, 11) is -0.619. The summed E-state index contributed by atoms with van der Waals surface area (Å²) < 4.78 is 0. The van der Waals surface area contributed by atoms with E-state index in [0.29, 0.717) is 0 Å². The summed E-state index contributed by atoms with van der Waals surface area (Å²) in [6, 6.07) is 23.6. The van der Waals surface area contributed by atoms with Crippen molar-refractivity contribution < 1.29 is 0 Å². The zero-order valence-electron chi connectivity index (χ0n) is 14.7. The molecule has 2 rings (SSSR count). The van der Waals surface area contributed by atoms with Crippen molar-refractivity contribution in [2.24, 2.45) is 0 Å². The maximum absolute atomic E-state index is 5.72. The molecule has 0 aromatic heterocycles. The molecule has 24 heavy (non-hydrogen) atoms. The van der Waals surface area contributed by atoms with Gasteiger partial charge in [0, 0.05) is 5.88 Å². The fraction of sp³-hybridized carbons (Fsp3) is 0.455. The predicted octanol–water partition coefficient (Wildman–Crippen LogP) is 5.66. The van der Waals surface area contributed by atoms with E-state index in [1.54, 1.807) is 10.4 Å². The van der Waals surface area contributed by atoms with Crippen molar-refractivity contribution >= 4 is 30.8 Å². The maximum Gasteiger partial charge on any atom is 0.121 e. The minimum absolute atomic E-state index is 0.619.